The van der Waals surface area contributed by atoms with Crippen LogP contribution in [-0.2, 0) is 11.3 Å². The third-order valence-corrected chi connectivity index (χ3v) is 5.29. The highest BCUT2D eigenvalue weighted by Gasteiger charge is 2.15. The van der Waals surface area contributed by atoms with Gasteiger partial charge in [0, 0.05) is 13.7 Å². The molecule has 7 heteroatoms. The maximum absolute atomic E-state index is 12.5. The van der Waals surface area contributed by atoms with Crippen molar-refractivity contribution in [3.05, 3.63) is 72.0 Å². The van der Waals surface area contributed by atoms with E-state index < -0.39 is 0 Å². The first kappa shape index (κ1) is 19.2. The number of ether oxygens (including phenoxy) is 2. The smallest absolute Gasteiger partial charge is 0.287 e. The van der Waals surface area contributed by atoms with Gasteiger partial charge in [-0.2, -0.15) is 0 Å². The number of thiazole rings is 1. The average Bonchev–Trinajstić information content (AvgIpc) is 3.39. The number of nitrogens with zero attached hydrogens (tertiary/aromatic N) is 1. The van der Waals surface area contributed by atoms with Crippen LogP contribution in [0.25, 0.3) is 21.0 Å². The van der Waals surface area contributed by atoms with Gasteiger partial charge in [-0.05, 0) is 42.0 Å². The summed E-state index contributed by atoms with van der Waals surface area (Å²) in [6.45, 7) is 1.38. The number of hydrogen-bond acceptors (Lipinski definition) is 6. The van der Waals surface area contributed by atoms with Gasteiger partial charge in [0.15, 0.2) is 16.5 Å². The number of furan rings is 1. The second-order valence-electron chi connectivity index (χ2n) is 6.32. The summed E-state index contributed by atoms with van der Waals surface area (Å²) in [6.07, 6.45) is 0. The Balaban J connectivity index is 1.39. The Kier molecular flexibility index (Phi) is 5.88. The van der Waals surface area contributed by atoms with E-state index in [-0.39, 0.29) is 11.7 Å². The Hall–Kier alpha value is -3.16. The Morgan fingerprint density at radius 1 is 1.10 bits per heavy atom. The zero-order valence-corrected chi connectivity index (χ0v) is 16.7. The van der Waals surface area contributed by atoms with Crippen LogP contribution < -0.4 is 10.1 Å². The van der Waals surface area contributed by atoms with Crippen molar-refractivity contribution in [3.8, 4) is 16.5 Å². The fourth-order valence-corrected chi connectivity index (χ4v) is 3.74. The van der Waals surface area contributed by atoms with Crippen LogP contribution in [0.15, 0.2) is 65.1 Å². The van der Waals surface area contributed by atoms with Gasteiger partial charge in [0.2, 0.25) is 0 Å². The van der Waals surface area contributed by atoms with Crippen LogP contribution in [0, 0.1) is 0 Å². The lowest BCUT2D eigenvalue weighted by atomic mass is 10.2. The number of benzene rings is 2. The van der Waals surface area contributed by atoms with Crippen LogP contribution in [0.1, 0.15) is 16.1 Å². The summed E-state index contributed by atoms with van der Waals surface area (Å²) in [7, 11) is 1.63. The van der Waals surface area contributed by atoms with Crippen molar-refractivity contribution in [2.45, 2.75) is 6.54 Å². The zero-order valence-electron chi connectivity index (χ0n) is 15.9. The van der Waals surface area contributed by atoms with Crippen molar-refractivity contribution >= 4 is 27.5 Å². The normalized spacial score (nSPS) is 10.9. The molecule has 0 atom stereocenters. The number of nitrogens with one attached hydrogen (secondary N) is 1. The van der Waals surface area contributed by atoms with Crippen molar-refractivity contribution in [1.82, 2.24) is 10.3 Å². The van der Waals surface area contributed by atoms with Crippen molar-refractivity contribution in [2.75, 3.05) is 20.3 Å². The minimum Gasteiger partial charge on any atom is -0.491 e. The zero-order chi connectivity index (χ0) is 20.1. The molecular weight excluding hydrogens is 388 g/mol. The van der Waals surface area contributed by atoms with Gasteiger partial charge in [0.05, 0.1) is 16.8 Å². The molecule has 1 N–H and O–H groups in total. The average molecular weight is 408 g/mol. The van der Waals surface area contributed by atoms with Gasteiger partial charge in [0.1, 0.15) is 12.4 Å². The van der Waals surface area contributed by atoms with Crippen LogP contribution in [0.2, 0.25) is 0 Å². The number of rotatable bonds is 8. The molecule has 0 aliphatic heterocycles. The largest absolute Gasteiger partial charge is 0.491 e. The molecule has 0 radical (unpaired) electrons. The second kappa shape index (κ2) is 8.89. The molecule has 2 aromatic carbocycles. The molecular formula is C22H20N2O4S. The Bertz CT molecular complexity index is 1090. The van der Waals surface area contributed by atoms with Gasteiger partial charge in [0.25, 0.3) is 5.91 Å². The predicted octanol–water partition coefficient (Wildman–Crippen LogP) is 4.51. The van der Waals surface area contributed by atoms with E-state index in [1.807, 2.05) is 48.5 Å². The third kappa shape index (κ3) is 4.64. The monoisotopic (exact) mass is 408 g/mol. The van der Waals surface area contributed by atoms with E-state index in [4.69, 9.17) is 13.9 Å². The molecule has 0 bridgehead atoms. The maximum atomic E-state index is 12.5. The highest BCUT2D eigenvalue weighted by molar-refractivity contribution is 7.21. The summed E-state index contributed by atoms with van der Waals surface area (Å²) >= 11 is 1.54. The molecule has 0 fully saturated rings. The molecule has 148 valence electrons. The van der Waals surface area contributed by atoms with Crippen molar-refractivity contribution < 1.29 is 18.7 Å². The molecule has 0 spiro atoms. The molecule has 0 aliphatic carbocycles. The molecule has 2 heterocycles. The summed E-state index contributed by atoms with van der Waals surface area (Å²) in [6, 6.07) is 18.9. The van der Waals surface area contributed by atoms with Gasteiger partial charge >= 0.3 is 0 Å². The lowest BCUT2D eigenvalue weighted by Gasteiger charge is -2.08. The van der Waals surface area contributed by atoms with E-state index >= 15 is 0 Å². The number of amides is 1. The minimum absolute atomic E-state index is 0.256. The summed E-state index contributed by atoms with van der Waals surface area (Å²) < 4.78 is 17.4. The summed E-state index contributed by atoms with van der Waals surface area (Å²) in [4.78, 5) is 17.0. The standard InChI is InChI=1S/C22H20N2O4S/c1-26-11-12-27-16-6-4-5-15(13-16)14-23-21(25)18-9-10-19(28-18)22-24-17-7-2-3-8-20(17)29-22/h2-10,13H,11-12,14H2,1H3,(H,23,25). The second-order valence-corrected chi connectivity index (χ2v) is 7.35. The number of methoxy groups -OCH3 is 1. The molecule has 2 aromatic heterocycles. The van der Waals surface area contributed by atoms with Crippen LogP contribution in [0.5, 0.6) is 5.75 Å². The molecule has 0 saturated carbocycles. The minimum atomic E-state index is -0.275. The fourth-order valence-electron chi connectivity index (χ4n) is 2.81. The lowest BCUT2D eigenvalue weighted by molar-refractivity contribution is 0.0924. The summed E-state index contributed by atoms with van der Waals surface area (Å²) in [5.74, 6) is 1.31. The van der Waals surface area contributed by atoms with Crippen molar-refractivity contribution in [2.24, 2.45) is 0 Å². The van der Waals surface area contributed by atoms with Gasteiger partial charge in [-0.15, -0.1) is 11.3 Å². The molecule has 1 amide bonds. The first-order valence-electron chi connectivity index (χ1n) is 9.17. The molecule has 4 aromatic rings. The quantitative estimate of drug-likeness (QED) is 0.434. The third-order valence-electron chi connectivity index (χ3n) is 4.24. The number of hydrogen-bond donors (Lipinski definition) is 1. The van der Waals surface area contributed by atoms with E-state index in [9.17, 15) is 4.79 Å². The van der Waals surface area contributed by atoms with Crippen molar-refractivity contribution in [3.63, 3.8) is 0 Å². The van der Waals surface area contributed by atoms with E-state index in [0.29, 0.717) is 25.5 Å². The fraction of sp³-hybridized carbons (Fsp3) is 0.182. The SMILES string of the molecule is COCCOc1cccc(CNC(=O)c2ccc(-c3nc4ccccc4s3)o2)c1. The molecule has 0 saturated heterocycles. The van der Waals surface area contributed by atoms with E-state index in [1.165, 1.54) is 11.3 Å². The molecule has 29 heavy (non-hydrogen) atoms. The van der Waals surface area contributed by atoms with Gasteiger partial charge in [-0.3, -0.25) is 4.79 Å². The number of aromatic nitrogens is 1. The number of carbonyl (C=O) groups excluding carboxylic acids is 1. The van der Waals surface area contributed by atoms with Gasteiger partial charge in [-0.1, -0.05) is 24.3 Å². The van der Waals surface area contributed by atoms with Crippen LogP contribution in [-0.4, -0.2) is 31.2 Å². The summed E-state index contributed by atoms with van der Waals surface area (Å²) in [5.41, 5.74) is 1.86. The molecule has 0 unspecified atom stereocenters. The number of fused-ring (bicyclic) bond motifs is 1. The van der Waals surface area contributed by atoms with E-state index in [1.54, 1.807) is 19.2 Å². The summed E-state index contributed by atoms with van der Waals surface area (Å²) in [5, 5.41) is 3.63. The Labute approximate surface area is 172 Å². The predicted molar refractivity (Wildman–Crippen MR) is 112 cm³/mol. The van der Waals surface area contributed by atoms with Crippen LogP contribution in [0.4, 0.5) is 0 Å². The Morgan fingerprint density at radius 3 is 2.86 bits per heavy atom. The number of para-hydroxylation sites is 1. The highest BCUT2D eigenvalue weighted by Crippen LogP contribution is 2.31. The maximum Gasteiger partial charge on any atom is 0.287 e. The topological polar surface area (TPSA) is 73.6 Å². The first-order chi connectivity index (χ1) is 14.2. The lowest BCUT2D eigenvalue weighted by Crippen LogP contribution is -2.22. The number of carbonyl (C=O) groups is 1. The van der Waals surface area contributed by atoms with Crippen molar-refractivity contribution in [1.29, 1.82) is 0 Å². The first-order valence-corrected chi connectivity index (χ1v) is 9.99. The highest BCUT2D eigenvalue weighted by atomic mass is 32.1. The van der Waals surface area contributed by atoms with Crippen LogP contribution >= 0.6 is 11.3 Å². The molecule has 6 nitrogen and oxygen atoms in total. The Morgan fingerprint density at radius 2 is 2.00 bits per heavy atom. The van der Waals surface area contributed by atoms with E-state index in [2.05, 4.69) is 10.3 Å². The molecule has 4 rings (SSSR count). The van der Waals surface area contributed by atoms with E-state index in [0.717, 1.165) is 26.5 Å². The van der Waals surface area contributed by atoms with Crippen LogP contribution in [0.3, 0.4) is 0 Å². The van der Waals surface area contributed by atoms with Gasteiger partial charge < -0.3 is 19.2 Å². The van der Waals surface area contributed by atoms with Gasteiger partial charge in [-0.25, -0.2) is 4.98 Å². The molecule has 0 aliphatic rings.